The monoisotopic (exact) mass is 261 g/mol. The number of pyridine rings is 1. The Hall–Kier alpha value is -2.18. The van der Waals surface area contributed by atoms with E-state index in [-0.39, 0.29) is 0 Å². The van der Waals surface area contributed by atoms with Crippen LogP contribution in [-0.2, 0) is 0 Å². The summed E-state index contributed by atoms with van der Waals surface area (Å²) in [6.07, 6.45) is 1.16. The molecule has 0 radical (unpaired) electrons. The SMILES string of the molecule is O=c1[nH]cccc1-c1c(F)c(F)c(F)c(F)c1F. The molecule has 0 aliphatic heterocycles. The van der Waals surface area contributed by atoms with E-state index < -0.39 is 45.8 Å². The third kappa shape index (κ3) is 1.68. The van der Waals surface area contributed by atoms with Crippen molar-refractivity contribution in [1.29, 1.82) is 0 Å². The molecule has 0 unspecified atom stereocenters. The van der Waals surface area contributed by atoms with Crippen molar-refractivity contribution < 1.29 is 22.0 Å². The van der Waals surface area contributed by atoms with Crippen molar-refractivity contribution in [2.45, 2.75) is 0 Å². The second-order valence-electron chi connectivity index (χ2n) is 3.36. The van der Waals surface area contributed by atoms with E-state index in [1.54, 1.807) is 0 Å². The van der Waals surface area contributed by atoms with Gasteiger partial charge >= 0.3 is 0 Å². The molecular formula is C11H4F5NO. The summed E-state index contributed by atoms with van der Waals surface area (Å²) in [6.45, 7) is 0. The van der Waals surface area contributed by atoms with Crippen LogP contribution in [0, 0.1) is 29.1 Å². The van der Waals surface area contributed by atoms with E-state index >= 15 is 0 Å². The van der Waals surface area contributed by atoms with Gasteiger partial charge < -0.3 is 4.98 Å². The van der Waals surface area contributed by atoms with Gasteiger partial charge in [-0.05, 0) is 12.1 Å². The van der Waals surface area contributed by atoms with Crippen molar-refractivity contribution in [1.82, 2.24) is 4.98 Å². The maximum absolute atomic E-state index is 13.4. The topological polar surface area (TPSA) is 32.9 Å². The van der Waals surface area contributed by atoms with Crippen molar-refractivity contribution in [3.8, 4) is 11.1 Å². The van der Waals surface area contributed by atoms with Crippen molar-refractivity contribution in [2.24, 2.45) is 0 Å². The first-order valence-corrected chi connectivity index (χ1v) is 4.64. The Bertz CT molecular complexity index is 651. The minimum absolute atomic E-state index is 0.634. The Labute approximate surface area is 96.7 Å². The first-order valence-electron chi connectivity index (χ1n) is 4.64. The normalized spacial score (nSPS) is 10.7. The molecular weight excluding hydrogens is 257 g/mol. The molecule has 0 atom stereocenters. The predicted octanol–water partition coefficient (Wildman–Crippen LogP) is 2.74. The molecule has 0 saturated carbocycles. The molecule has 2 aromatic rings. The minimum Gasteiger partial charge on any atom is -0.329 e. The number of nitrogens with one attached hydrogen (secondary N) is 1. The van der Waals surface area contributed by atoms with Crippen LogP contribution in [0.5, 0.6) is 0 Å². The van der Waals surface area contributed by atoms with Crippen LogP contribution >= 0.6 is 0 Å². The zero-order valence-electron chi connectivity index (χ0n) is 8.53. The van der Waals surface area contributed by atoms with Crippen LogP contribution in [0.15, 0.2) is 23.1 Å². The largest absolute Gasteiger partial charge is 0.329 e. The Morgan fingerprint density at radius 2 is 1.33 bits per heavy atom. The molecule has 1 aromatic heterocycles. The van der Waals surface area contributed by atoms with Gasteiger partial charge in [0.25, 0.3) is 5.56 Å². The van der Waals surface area contributed by atoms with Crippen LogP contribution in [-0.4, -0.2) is 4.98 Å². The molecule has 0 aliphatic carbocycles. The van der Waals surface area contributed by atoms with Crippen LogP contribution in [0.3, 0.4) is 0 Å². The average molecular weight is 261 g/mol. The maximum atomic E-state index is 13.4. The number of hydrogen-bond donors (Lipinski definition) is 1. The van der Waals surface area contributed by atoms with E-state index in [1.165, 1.54) is 6.07 Å². The zero-order chi connectivity index (χ0) is 13.4. The molecule has 18 heavy (non-hydrogen) atoms. The maximum Gasteiger partial charge on any atom is 0.256 e. The van der Waals surface area contributed by atoms with E-state index in [4.69, 9.17) is 0 Å². The van der Waals surface area contributed by atoms with Gasteiger partial charge in [0.1, 0.15) is 0 Å². The number of aromatic amines is 1. The first kappa shape index (κ1) is 12.3. The molecule has 0 spiro atoms. The Kier molecular flexibility index (Phi) is 2.90. The quantitative estimate of drug-likeness (QED) is 0.478. The summed E-state index contributed by atoms with van der Waals surface area (Å²) in [5, 5.41) is 0. The van der Waals surface area contributed by atoms with Gasteiger partial charge in [0.2, 0.25) is 5.82 Å². The second kappa shape index (κ2) is 4.25. The lowest BCUT2D eigenvalue weighted by Crippen LogP contribution is -2.12. The van der Waals surface area contributed by atoms with Crippen molar-refractivity contribution in [3.63, 3.8) is 0 Å². The highest BCUT2D eigenvalue weighted by atomic mass is 19.2. The lowest BCUT2D eigenvalue weighted by molar-refractivity contribution is 0.381. The molecule has 94 valence electrons. The smallest absolute Gasteiger partial charge is 0.256 e. The van der Waals surface area contributed by atoms with Gasteiger partial charge in [0, 0.05) is 6.20 Å². The highest BCUT2D eigenvalue weighted by Gasteiger charge is 2.27. The summed E-state index contributed by atoms with van der Waals surface area (Å²) in [6, 6.07) is 2.16. The third-order valence-electron chi connectivity index (χ3n) is 2.30. The van der Waals surface area contributed by atoms with Gasteiger partial charge in [0.05, 0.1) is 11.1 Å². The predicted molar refractivity (Wildman–Crippen MR) is 52.3 cm³/mol. The van der Waals surface area contributed by atoms with Crippen LogP contribution in [0.4, 0.5) is 22.0 Å². The number of rotatable bonds is 1. The number of H-pyrrole nitrogens is 1. The molecule has 0 amide bonds. The average Bonchev–Trinajstić information content (AvgIpc) is 2.36. The summed E-state index contributed by atoms with van der Waals surface area (Å²) in [5.41, 5.74) is -2.83. The number of benzene rings is 1. The third-order valence-corrected chi connectivity index (χ3v) is 2.30. The number of aromatic nitrogens is 1. The Morgan fingerprint density at radius 1 is 0.833 bits per heavy atom. The molecule has 1 aromatic carbocycles. The summed E-state index contributed by atoms with van der Waals surface area (Å²) < 4.78 is 65.5. The van der Waals surface area contributed by atoms with Gasteiger partial charge in [-0.2, -0.15) is 0 Å². The van der Waals surface area contributed by atoms with E-state index in [0.717, 1.165) is 12.3 Å². The van der Waals surface area contributed by atoms with Gasteiger partial charge in [-0.1, -0.05) is 0 Å². The molecule has 2 nitrogen and oxygen atoms in total. The fourth-order valence-corrected chi connectivity index (χ4v) is 1.46. The fourth-order valence-electron chi connectivity index (χ4n) is 1.46. The van der Waals surface area contributed by atoms with Crippen molar-refractivity contribution in [3.05, 3.63) is 57.8 Å². The summed E-state index contributed by atoms with van der Waals surface area (Å²) in [4.78, 5) is 13.4. The molecule has 7 heteroatoms. The molecule has 2 rings (SSSR count). The first-order chi connectivity index (χ1) is 8.45. The lowest BCUT2D eigenvalue weighted by Gasteiger charge is -2.07. The number of hydrogen-bond acceptors (Lipinski definition) is 1. The van der Waals surface area contributed by atoms with Gasteiger partial charge in [-0.25, -0.2) is 22.0 Å². The molecule has 1 N–H and O–H groups in total. The summed E-state index contributed by atoms with van der Waals surface area (Å²) >= 11 is 0. The minimum atomic E-state index is -2.26. The fraction of sp³-hybridized carbons (Fsp3) is 0. The van der Waals surface area contributed by atoms with Gasteiger partial charge in [0.15, 0.2) is 23.3 Å². The van der Waals surface area contributed by atoms with Crippen molar-refractivity contribution >= 4 is 0 Å². The van der Waals surface area contributed by atoms with Gasteiger partial charge in [-0.15, -0.1) is 0 Å². The molecule has 0 fully saturated rings. The highest BCUT2D eigenvalue weighted by molar-refractivity contribution is 5.64. The molecule has 0 saturated heterocycles. The number of halogens is 5. The van der Waals surface area contributed by atoms with Crippen LogP contribution in [0.25, 0.3) is 11.1 Å². The Morgan fingerprint density at radius 3 is 1.83 bits per heavy atom. The van der Waals surface area contributed by atoms with Crippen molar-refractivity contribution in [2.75, 3.05) is 0 Å². The lowest BCUT2D eigenvalue weighted by atomic mass is 10.1. The van der Waals surface area contributed by atoms with E-state index in [1.807, 2.05) is 0 Å². The van der Waals surface area contributed by atoms with Crippen LogP contribution in [0.2, 0.25) is 0 Å². The highest BCUT2D eigenvalue weighted by Crippen LogP contribution is 2.29. The summed E-state index contributed by atoms with van der Waals surface area (Å²) in [7, 11) is 0. The molecule has 0 bridgehead atoms. The zero-order valence-corrected chi connectivity index (χ0v) is 8.53. The second-order valence-corrected chi connectivity index (χ2v) is 3.36. The van der Waals surface area contributed by atoms with E-state index in [2.05, 4.69) is 4.98 Å². The Balaban J connectivity index is 2.89. The summed E-state index contributed by atoms with van der Waals surface area (Å²) in [5.74, 6) is -10.5. The van der Waals surface area contributed by atoms with Crippen LogP contribution in [0.1, 0.15) is 0 Å². The van der Waals surface area contributed by atoms with Gasteiger partial charge in [-0.3, -0.25) is 4.79 Å². The standard InChI is InChI=1S/C11H4F5NO/c12-6-5(4-2-1-3-17-11(4)18)7(13)9(15)10(16)8(6)14/h1-3H,(H,17,18). The molecule has 1 heterocycles. The van der Waals surface area contributed by atoms with Crippen LogP contribution < -0.4 is 5.56 Å². The van der Waals surface area contributed by atoms with E-state index in [9.17, 15) is 26.7 Å². The molecule has 0 aliphatic rings. The van der Waals surface area contributed by atoms with E-state index in [0.29, 0.717) is 0 Å².